The lowest BCUT2D eigenvalue weighted by Gasteiger charge is -2.21. The molecule has 1 aromatic heterocycles. The second-order valence-corrected chi connectivity index (χ2v) is 6.02. The molecule has 0 fully saturated rings. The molecule has 27 heavy (non-hydrogen) atoms. The van der Waals surface area contributed by atoms with E-state index >= 15 is 0 Å². The first-order valence-electron chi connectivity index (χ1n) is 9.01. The lowest BCUT2D eigenvalue weighted by Crippen LogP contribution is -2.21. The highest BCUT2D eigenvalue weighted by molar-refractivity contribution is 6.02. The molecule has 0 bridgehead atoms. The zero-order valence-electron chi connectivity index (χ0n) is 15.8. The fraction of sp³-hybridized carbons (Fsp3) is 0.238. The summed E-state index contributed by atoms with van der Waals surface area (Å²) in [6.45, 7) is 6.15. The summed E-state index contributed by atoms with van der Waals surface area (Å²) in [5.74, 6) is 0.537. The number of nitrogens with one attached hydrogen (secondary N) is 1. The number of aromatic nitrogens is 2. The van der Waals surface area contributed by atoms with Crippen LogP contribution in [0.15, 0.2) is 60.8 Å². The van der Waals surface area contributed by atoms with Gasteiger partial charge in [-0.1, -0.05) is 0 Å². The van der Waals surface area contributed by atoms with Gasteiger partial charge in [0.15, 0.2) is 5.69 Å². The number of nitrogens with zero attached hydrogens (tertiary/aromatic N) is 3. The van der Waals surface area contributed by atoms with Crippen molar-refractivity contribution < 1.29 is 9.53 Å². The van der Waals surface area contributed by atoms with Gasteiger partial charge in [0.25, 0.3) is 5.91 Å². The molecule has 140 valence electrons. The van der Waals surface area contributed by atoms with Crippen LogP contribution < -0.4 is 15.0 Å². The summed E-state index contributed by atoms with van der Waals surface area (Å²) in [5, 5.41) is 7.25. The maximum absolute atomic E-state index is 12.5. The Bertz CT molecular complexity index is 881. The van der Waals surface area contributed by atoms with Crippen molar-refractivity contribution in [1.29, 1.82) is 0 Å². The highest BCUT2D eigenvalue weighted by Gasteiger charge is 2.11. The van der Waals surface area contributed by atoms with E-state index in [0.29, 0.717) is 5.69 Å². The minimum atomic E-state index is -0.238. The normalized spacial score (nSPS) is 10.5. The molecule has 0 saturated heterocycles. The Labute approximate surface area is 159 Å². The van der Waals surface area contributed by atoms with Gasteiger partial charge in [-0.15, -0.1) is 0 Å². The van der Waals surface area contributed by atoms with Crippen LogP contribution in [0.2, 0.25) is 0 Å². The van der Waals surface area contributed by atoms with Crippen LogP contribution in [0.25, 0.3) is 5.69 Å². The van der Waals surface area contributed by atoms with E-state index in [1.165, 1.54) is 0 Å². The van der Waals surface area contributed by atoms with Crippen molar-refractivity contribution in [1.82, 2.24) is 9.78 Å². The fourth-order valence-electron chi connectivity index (χ4n) is 2.86. The molecule has 0 atom stereocenters. The summed E-state index contributed by atoms with van der Waals surface area (Å²) >= 11 is 0. The number of carbonyl (C=O) groups excluding carboxylic acids is 1. The zero-order valence-corrected chi connectivity index (χ0v) is 15.8. The van der Waals surface area contributed by atoms with Gasteiger partial charge in [-0.3, -0.25) is 4.79 Å². The van der Waals surface area contributed by atoms with E-state index in [9.17, 15) is 4.79 Å². The van der Waals surface area contributed by atoms with Gasteiger partial charge < -0.3 is 15.0 Å². The molecule has 0 aliphatic rings. The number of rotatable bonds is 7. The van der Waals surface area contributed by atoms with Crippen LogP contribution in [0.3, 0.4) is 0 Å². The third-order valence-electron chi connectivity index (χ3n) is 4.41. The molecule has 0 radical (unpaired) electrons. The molecule has 0 spiro atoms. The van der Waals surface area contributed by atoms with Gasteiger partial charge in [-0.2, -0.15) is 5.10 Å². The predicted octanol–water partition coefficient (Wildman–Crippen LogP) is 3.98. The molecule has 0 aliphatic carbocycles. The molecule has 6 nitrogen and oxygen atoms in total. The Kier molecular flexibility index (Phi) is 5.76. The maximum Gasteiger partial charge on any atom is 0.276 e. The van der Waals surface area contributed by atoms with E-state index in [1.54, 1.807) is 24.1 Å². The molecule has 1 N–H and O–H groups in total. The molecule has 0 saturated carbocycles. The topological polar surface area (TPSA) is 59.4 Å². The monoisotopic (exact) mass is 364 g/mol. The average Bonchev–Trinajstić information content (AvgIpc) is 3.21. The summed E-state index contributed by atoms with van der Waals surface area (Å²) in [5.41, 5.74) is 3.11. The number of ether oxygens (including phenoxy) is 1. The van der Waals surface area contributed by atoms with Crippen LogP contribution in [0.5, 0.6) is 5.75 Å². The van der Waals surface area contributed by atoms with Crippen LogP contribution in [-0.4, -0.2) is 35.9 Å². The Morgan fingerprint density at radius 1 is 1.04 bits per heavy atom. The van der Waals surface area contributed by atoms with Crippen molar-refractivity contribution in [2.45, 2.75) is 13.8 Å². The molecule has 2 aromatic carbocycles. The van der Waals surface area contributed by atoms with Crippen molar-refractivity contribution in [3.63, 3.8) is 0 Å². The van der Waals surface area contributed by atoms with Crippen LogP contribution in [0.1, 0.15) is 24.3 Å². The number of hydrogen-bond acceptors (Lipinski definition) is 4. The van der Waals surface area contributed by atoms with Crippen molar-refractivity contribution in [2.24, 2.45) is 0 Å². The smallest absolute Gasteiger partial charge is 0.276 e. The first-order chi connectivity index (χ1) is 13.1. The molecular formula is C21H24N4O2. The molecule has 3 rings (SSSR count). The lowest BCUT2D eigenvalue weighted by molar-refractivity contribution is 0.102. The van der Waals surface area contributed by atoms with Gasteiger partial charge >= 0.3 is 0 Å². The molecule has 1 heterocycles. The predicted molar refractivity (Wildman–Crippen MR) is 108 cm³/mol. The number of hydrogen-bond donors (Lipinski definition) is 1. The van der Waals surface area contributed by atoms with Gasteiger partial charge in [0, 0.05) is 30.7 Å². The van der Waals surface area contributed by atoms with Gasteiger partial charge in [0.05, 0.1) is 12.8 Å². The quantitative estimate of drug-likeness (QED) is 0.689. The van der Waals surface area contributed by atoms with Gasteiger partial charge in [0.2, 0.25) is 0 Å². The van der Waals surface area contributed by atoms with Crippen molar-refractivity contribution in [3.05, 3.63) is 66.5 Å². The first-order valence-corrected chi connectivity index (χ1v) is 9.01. The van der Waals surface area contributed by atoms with E-state index in [-0.39, 0.29) is 5.91 Å². The number of amides is 1. The third-order valence-corrected chi connectivity index (χ3v) is 4.41. The van der Waals surface area contributed by atoms with Crippen LogP contribution in [0, 0.1) is 0 Å². The maximum atomic E-state index is 12.5. The Hall–Kier alpha value is -3.28. The summed E-state index contributed by atoms with van der Waals surface area (Å²) in [7, 11) is 1.62. The average molecular weight is 364 g/mol. The molecule has 3 aromatic rings. The second-order valence-electron chi connectivity index (χ2n) is 6.02. The van der Waals surface area contributed by atoms with E-state index in [1.807, 2.05) is 48.5 Å². The fourth-order valence-corrected chi connectivity index (χ4v) is 2.86. The minimum Gasteiger partial charge on any atom is -0.497 e. The van der Waals surface area contributed by atoms with E-state index < -0.39 is 0 Å². The van der Waals surface area contributed by atoms with Crippen molar-refractivity contribution in [2.75, 3.05) is 30.4 Å². The van der Waals surface area contributed by atoms with E-state index in [0.717, 1.165) is 35.9 Å². The minimum absolute atomic E-state index is 0.238. The Morgan fingerprint density at radius 3 is 2.30 bits per heavy atom. The molecule has 6 heteroatoms. The van der Waals surface area contributed by atoms with Crippen LogP contribution in [-0.2, 0) is 0 Å². The number of carbonyl (C=O) groups is 1. The van der Waals surface area contributed by atoms with Gasteiger partial charge in [-0.25, -0.2) is 4.68 Å². The molecule has 0 aliphatic heterocycles. The standard InChI is InChI=1S/C21H24N4O2/c1-4-24(5-2)17-8-6-16(7-9-17)22-21(26)20-14-15-25(23-20)18-10-12-19(27-3)13-11-18/h6-15H,4-5H2,1-3H3,(H,22,26). The molecule has 1 amide bonds. The SMILES string of the molecule is CCN(CC)c1ccc(NC(=O)c2ccn(-c3ccc(OC)cc3)n2)cc1. The van der Waals surface area contributed by atoms with Gasteiger partial charge in [-0.05, 0) is 68.4 Å². The largest absolute Gasteiger partial charge is 0.497 e. The first kappa shape index (κ1) is 18.5. The van der Waals surface area contributed by atoms with E-state index in [2.05, 4.69) is 29.2 Å². The highest BCUT2D eigenvalue weighted by atomic mass is 16.5. The number of methoxy groups -OCH3 is 1. The summed E-state index contributed by atoms with van der Waals surface area (Å²) in [6.07, 6.45) is 1.76. The Morgan fingerprint density at radius 2 is 1.70 bits per heavy atom. The highest BCUT2D eigenvalue weighted by Crippen LogP contribution is 2.19. The summed E-state index contributed by atoms with van der Waals surface area (Å²) in [6, 6.07) is 17.0. The lowest BCUT2D eigenvalue weighted by atomic mass is 10.2. The number of benzene rings is 2. The van der Waals surface area contributed by atoms with Gasteiger partial charge in [0.1, 0.15) is 5.75 Å². The van der Waals surface area contributed by atoms with Crippen molar-refractivity contribution in [3.8, 4) is 11.4 Å². The van der Waals surface area contributed by atoms with E-state index in [4.69, 9.17) is 4.74 Å². The summed E-state index contributed by atoms with van der Waals surface area (Å²) in [4.78, 5) is 14.7. The zero-order chi connectivity index (χ0) is 19.2. The molecular weight excluding hydrogens is 340 g/mol. The van der Waals surface area contributed by atoms with Crippen molar-refractivity contribution >= 4 is 17.3 Å². The summed E-state index contributed by atoms with van der Waals surface area (Å²) < 4.78 is 6.82. The Balaban J connectivity index is 1.68. The second kappa shape index (κ2) is 8.40. The van der Waals surface area contributed by atoms with Crippen LogP contribution >= 0.6 is 0 Å². The number of anilines is 2. The third kappa shape index (κ3) is 4.28. The molecule has 0 unspecified atom stereocenters. The van der Waals surface area contributed by atoms with Crippen LogP contribution in [0.4, 0.5) is 11.4 Å².